The van der Waals surface area contributed by atoms with Crippen LogP contribution in [0.3, 0.4) is 0 Å². The molecule has 6 nitrogen and oxygen atoms in total. The van der Waals surface area contributed by atoms with Crippen molar-refractivity contribution in [2.24, 2.45) is 0 Å². The summed E-state index contributed by atoms with van der Waals surface area (Å²) in [5, 5.41) is 2.63. The normalized spacial score (nSPS) is 11.6. The fourth-order valence-electron chi connectivity index (χ4n) is 3.03. The van der Waals surface area contributed by atoms with Gasteiger partial charge >= 0.3 is 5.97 Å². The Bertz CT molecular complexity index is 1100. The van der Waals surface area contributed by atoms with Crippen LogP contribution in [0.25, 0.3) is 10.4 Å². The summed E-state index contributed by atoms with van der Waals surface area (Å²) in [6.07, 6.45) is 0. The third-order valence-corrected chi connectivity index (χ3v) is 5.58. The lowest BCUT2D eigenvalue weighted by Crippen LogP contribution is -2.13. The number of fused-ring (bicyclic) bond motifs is 3. The molecule has 1 amide bonds. The summed E-state index contributed by atoms with van der Waals surface area (Å²) in [7, 11) is 0. The number of ketones is 1. The fraction of sp³-hybridized carbons (Fsp3) is 0.136. The SMILES string of the molecule is CC(=O)Nc1ccc(C(=O)COC(=O)c2cc3c(s2)-c2ccccc2OC3)cc1. The number of thiophene rings is 1. The molecule has 0 radical (unpaired) electrons. The van der Waals surface area contributed by atoms with Crippen LogP contribution in [-0.4, -0.2) is 24.3 Å². The molecule has 0 spiro atoms. The highest BCUT2D eigenvalue weighted by Crippen LogP contribution is 2.42. The summed E-state index contributed by atoms with van der Waals surface area (Å²) in [4.78, 5) is 37.2. The first-order chi connectivity index (χ1) is 14.0. The summed E-state index contributed by atoms with van der Waals surface area (Å²) >= 11 is 1.34. The first kappa shape index (κ1) is 18.9. The number of amides is 1. The summed E-state index contributed by atoms with van der Waals surface area (Å²) in [6.45, 7) is 1.45. The molecule has 1 aromatic heterocycles. The number of esters is 1. The van der Waals surface area contributed by atoms with Gasteiger partial charge in [-0.05, 0) is 42.5 Å². The molecule has 0 bridgehead atoms. The van der Waals surface area contributed by atoms with Gasteiger partial charge < -0.3 is 14.8 Å². The Hall–Kier alpha value is -3.45. The van der Waals surface area contributed by atoms with E-state index in [0.29, 0.717) is 22.7 Å². The van der Waals surface area contributed by atoms with Crippen LogP contribution in [0.2, 0.25) is 0 Å². The quantitative estimate of drug-likeness (QED) is 0.504. The van der Waals surface area contributed by atoms with Crippen molar-refractivity contribution in [3.05, 3.63) is 70.6 Å². The van der Waals surface area contributed by atoms with Gasteiger partial charge in [0.05, 0.1) is 0 Å². The maximum atomic E-state index is 12.4. The van der Waals surface area contributed by atoms with Crippen LogP contribution in [0.4, 0.5) is 5.69 Å². The van der Waals surface area contributed by atoms with Gasteiger partial charge in [0.15, 0.2) is 12.4 Å². The molecule has 0 fully saturated rings. The second-order valence-corrected chi connectivity index (χ2v) is 7.56. The molecule has 0 saturated heterocycles. The van der Waals surface area contributed by atoms with Gasteiger partial charge in [0.1, 0.15) is 17.2 Å². The number of ether oxygens (including phenoxy) is 2. The van der Waals surface area contributed by atoms with Gasteiger partial charge in [0, 0.05) is 34.2 Å². The molecule has 2 heterocycles. The molecular formula is C22H17NO5S. The molecule has 2 aromatic carbocycles. The van der Waals surface area contributed by atoms with E-state index >= 15 is 0 Å². The molecule has 4 rings (SSSR count). The van der Waals surface area contributed by atoms with Crippen LogP contribution in [0.15, 0.2) is 54.6 Å². The number of Topliss-reactive ketones (excluding diaryl/α,β-unsaturated/α-hetero) is 1. The number of para-hydroxylation sites is 1. The number of carbonyl (C=O) groups excluding carboxylic acids is 3. The van der Waals surface area contributed by atoms with E-state index in [2.05, 4.69) is 5.32 Å². The predicted molar refractivity (Wildman–Crippen MR) is 109 cm³/mol. The lowest BCUT2D eigenvalue weighted by Gasteiger charge is -2.16. The number of nitrogens with one attached hydrogen (secondary N) is 1. The fourth-order valence-corrected chi connectivity index (χ4v) is 4.12. The van der Waals surface area contributed by atoms with Crippen molar-refractivity contribution >= 4 is 34.7 Å². The highest BCUT2D eigenvalue weighted by atomic mass is 32.1. The zero-order chi connectivity index (χ0) is 20.4. The third-order valence-electron chi connectivity index (χ3n) is 4.39. The molecule has 1 N–H and O–H groups in total. The molecule has 0 atom stereocenters. The first-order valence-electron chi connectivity index (χ1n) is 8.94. The van der Waals surface area contributed by atoms with E-state index in [4.69, 9.17) is 9.47 Å². The highest BCUT2D eigenvalue weighted by molar-refractivity contribution is 7.17. The Morgan fingerprint density at radius 3 is 2.62 bits per heavy atom. The van der Waals surface area contributed by atoms with Crippen molar-refractivity contribution in [2.75, 3.05) is 11.9 Å². The molecule has 29 heavy (non-hydrogen) atoms. The topological polar surface area (TPSA) is 81.7 Å². The summed E-state index contributed by atoms with van der Waals surface area (Å²) in [5.74, 6) is -0.253. The number of hydrogen-bond acceptors (Lipinski definition) is 6. The number of carbonyl (C=O) groups is 3. The van der Waals surface area contributed by atoms with Crippen molar-refractivity contribution in [1.82, 2.24) is 0 Å². The Balaban J connectivity index is 1.41. The second kappa shape index (κ2) is 7.89. The van der Waals surface area contributed by atoms with Gasteiger partial charge in [0.25, 0.3) is 0 Å². The van der Waals surface area contributed by atoms with E-state index in [-0.39, 0.29) is 18.3 Å². The van der Waals surface area contributed by atoms with Crippen LogP contribution in [0.1, 0.15) is 32.5 Å². The van der Waals surface area contributed by atoms with Crippen LogP contribution >= 0.6 is 11.3 Å². The van der Waals surface area contributed by atoms with Crippen molar-refractivity contribution in [1.29, 1.82) is 0 Å². The predicted octanol–water partition coefficient (Wildman–Crippen LogP) is 4.31. The minimum atomic E-state index is -0.537. The van der Waals surface area contributed by atoms with Crippen LogP contribution in [0.5, 0.6) is 5.75 Å². The second-order valence-electron chi connectivity index (χ2n) is 6.51. The van der Waals surface area contributed by atoms with Gasteiger partial charge in [-0.3, -0.25) is 9.59 Å². The van der Waals surface area contributed by atoms with E-state index in [0.717, 1.165) is 21.8 Å². The van der Waals surface area contributed by atoms with E-state index in [1.54, 1.807) is 30.3 Å². The average molecular weight is 407 g/mol. The van der Waals surface area contributed by atoms with Gasteiger partial charge in [-0.25, -0.2) is 4.79 Å². The molecule has 3 aromatic rings. The van der Waals surface area contributed by atoms with Crippen molar-refractivity contribution in [3.63, 3.8) is 0 Å². The Kier molecular flexibility index (Phi) is 5.14. The first-order valence-corrected chi connectivity index (χ1v) is 9.76. The number of anilines is 1. The Morgan fingerprint density at radius 2 is 1.86 bits per heavy atom. The zero-order valence-corrected chi connectivity index (χ0v) is 16.4. The number of hydrogen-bond donors (Lipinski definition) is 1. The largest absolute Gasteiger partial charge is 0.488 e. The Morgan fingerprint density at radius 1 is 1.10 bits per heavy atom. The molecule has 1 aliphatic rings. The van der Waals surface area contributed by atoms with Gasteiger partial charge in [-0.15, -0.1) is 11.3 Å². The van der Waals surface area contributed by atoms with E-state index in [1.165, 1.54) is 18.3 Å². The van der Waals surface area contributed by atoms with Crippen molar-refractivity contribution < 1.29 is 23.9 Å². The Labute approximate surface area is 171 Å². The van der Waals surface area contributed by atoms with Crippen molar-refractivity contribution in [2.45, 2.75) is 13.5 Å². The lowest BCUT2D eigenvalue weighted by molar-refractivity contribution is -0.114. The minimum absolute atomic E-state index is 0.190. The van der Waals surface area contributed by atoms with Crippen molar-refractivity contribution in [3.8, 4) is 16.2 Å². The summed E-state index contributed by atoms with van der Waals surface area (Å²) in [5.41, 5.74) is 2.88. The molecule has 0 unspecified atom stereocenters. The molecule has 0 aliphatic carbocycles. The molecular weight excluding hydrogens is 390 g/mol. The minimum Gasteiger partial charge on any atom is -0.488 e. The summed E-state index contributed by atoms with van der Waals surface area (Å²) < 4.78 is 10.9. The summed E-state index contributed by atoms with van der Waals surface area (Å²) in [6, 6.07) is 15.8. The van der Waals surface area contributed by atoms with E-state index in [1.807, 2.05) is 24.3 Å². The standard InChI is InChI=1S/C22H17NO5S/c1-13(24)23-16-8-6-14(7-9-16)18(25)12-28-22(26)20-10-15-11-27-19-5-3-2-4-17(19)21(15)29-20/h2-10H,11-12H2,1H3,(H,23,24). The van der Waals surface area contributed by atoms with E-state index < -0.39 is 5.97 Å². The highest BCUT2D eigenvalue weighted by Gasteiger charge is 2.23. The van der Waals surface area contributed by atoms with Crippen LogP contribution < -0.4 is 10.1 Å². The number of benzene rings is 2. The van der Waals surface area contributed by atoms with Gasteiger partial charge in [-0.2, -0.15) is 0 Å². The number of rotatable bonds is 5. The maximum absolute atomic E-state index is 12.4. The molecule has 1 aliphatic heterocycles. The maximum Gasteiger partial charge on any atom is 0.348 e. The smallest absolute Gasteiger partial charge is 0.348 e. The lowest BCUT2D eigenvalue weighted by atomic mass is 10.1. The molecule has 7 heteroatoms. The molecule has 146 valence electrons. The van der Waals surface area contributed by atoms with E-state index in [9.17, 15) is 14.4 Å². The van der Waals surface area contributed by atoms with Crippen LogP contribution in [-0.2, 0) is 16.1 Å². The third kappa shape index (κ3) is 4.05. The molecule has 0 saturated carbocycles. The monoisotopic (exact) mass is 407 g/mol. The van der Waals surface area contributed by atoms with Gasteiger partial charge in [-0.1, -0.05) is 12.1 Å². The zero-order valence-electron chi connectivity index (χ0n) is 15.6. The van der Waals surface area contributed by atoms with Crippen LogP contribution in [0, 0.1) is 0 Å². The van der Waals surface area contributed by atoms with Gasteiger partial charge in [0.2, 0.25) is 5.91 Å². The average Bonchev–Trinajstić information content (AvgIpc) is 3.17.